The third-order valence-corrected chi connectivity index (χ3v) is 7.38. The molecule has 0 aliphatic rings. The van der Waals surface area contributed by atoms with E-state index in [0.717, 1.165) is 11.1 Å². The topological polar surface area (TPSA) is 186 Å². The maximum Gasteiger partial charge on any atom is 0.325 e. The largest absolute Gasteiger partial charge is 0.460 e. The highest BCUT2D eigenvalue weighted by Gasteiger charge is 2.29. The molecule has 2 atom stereocenters. The van der Waals surface area contributed by atoms with Crippen LogP contribution in [0.25, 0.3) is 0 Å². The lowest BCUT2D eigenvalue weighted by atomic mass is 10.1. The fraction of sp³-hybridized carbons (Fsp3) is 0.407. The van der Waals surface area contributed by atoms with Crippen molar-refractivity contribution in [1.29, 1.82) is 0 Å². The summed E-state index contributed by atoms with van der Waals surface area (Å²) in [7, 11) is -2.44. The van der Waals surface area contributed by atoms with Crippen molar-refractivity contribution in [2.24, 2.45) is 16.5 Å². The van der Waals surface area contributed by atoms with Crippen LogP contribution in [0.1, 0.15) is 37.3 Å². The Hall–Kier alpha value is -3.97. The van der Waals surface area contributed by atoms with Gasteiger partial charge >= 0.3 is 5.97 Å². The molecule has 0 saturated heterocycles. The Labute approximate surface area is 235 Å². The first-order valence-electron chi connectivity index (χ1n) is 12.8. The predicted octanol–water partition coefficient (Wildman–Crippen LogP) is 0.792. The van der Waals surface area contributed by atoms with E-state index in [1.54, 1.807) is 19.1 Å². The van der Waals surface area contributed by atoms with E-state index in [0.29, 0.717) is 6.42 Å². The summed E-state index contributed by atoms with van der Waals surface area (Å²) < 4.78 is 32.3. The van der Waals surface area contributed by atoms with Crippen LogP contribution in [0.5, 0.6) is 0 Å². The summed E-state index contributed by atoms with van der Waals surface area (Å²) >= 11 is 0. The Morgan fingerprint density at radius 2 is 1.73 bits per heavy atom. The van der Waals surface area contributed by atoms with Crippen LogP contribution >= 0.6 is 0 Å². The minimum atomic E-state index is -3.90. The highest BCUT2D eigenvalue weighted by Crippen LogP contribution is 2.11. The number of rotatable bonds is 14. The Morgan fingerprint density at radius 1 is 1.07 bits per heavy atom. The summed E-state index contributed by atoms with van der Waals surface area (Å²) in [6, 6.07) is 13.6. The number of benzene rings is 2. The van der Waals surface area contributed by atoms with E-state index in [4.69, 9.17) is 16.2 Å². The molecule has 0 fully saturated rings. The highest BCUT2D eigenvalue weighted by molar-refractivity contribution is 7.90. The SMILES string of the molecule is CC[C@@H](N)C(=O)N(C)[C@@H](CCCN=C(N)NS(=O)(=O)c1ccc(C)cc1)C(=O)NCC(=O)OCc1ccccc1. The molecule has 0 aliphatic carbocycles. The molecule has 2 aromatic rings. The standard InChI is InChI=1S/C27H38N6O6S/c1-4-22(28)26(36)33(3)23(25(35)31-17-24(34)39-18-20-9-6-5-7-10-20)11-8-16-30-27(29)32-40(37,38)21-14-12-19(2)13-15-21/h5-7,9-10,12-15,22-23H,4,8,11,16-18,28H2,1-3H3,(H,31,35)(H3,29,30,32)/t22-,23+/m1/s1. The zero-order chi connectivity index (χ0) is 29.7. The zero-order valence-electron chi connectivity index (χ0n) is 23.0. The van der Waals surface area contributed by atoms with Gasteiger partial charge in [-0.05, 0) is 43.9 Å². The van der Waals surface area contributed by atoms with Crippen molar-refractivity contribution < 1.29 is 27.5 Å². The summed E-state index contributed by atoms with van der Waals surface area (Å²) in [4.78, 5) is 43.1. The fourth-order valence-electron chi connectivity index (χ4n) is 3.59. The van der Waals surface area contributed by atoms with Gasteiger partial charge in [-0.3, -0.25) is 19.4 Å². The molecule has 2 rings (SSSR count). The van der Waals surface area contributed by atoms with Crippen molar-refractivity contribution in [3.63, 3.8) is 0 Å². The van der Waals surface area contributed by atoms with Gasteiger partial charge in [-0.25, -0.2) is 13.1 Å². The molecule has 0 radical (unpaired) electrons. The predicted molar refractivity (Wildman–Crippen MR) is 151 cm³/mol. The number of likely N-dealkylation sites (N-methyl/N-ethyl adjacent to an activating group) is 1. The second-order valence-corrected chi connectivity index (χ2v) is 10.9. The lowest BCUT2D eigenvalue weighted by molar-refractivity contribution is -0.146. The number of esters is 1. The number of guanidine groups is 1. The van der Waals surface area contributed by atoms with Gasteiger partial charge < -0.3 is 26.4 Å². The molecular weight excluding hydrogens is 536 g/mol. The summed E-state index contributed by atoms with van der Waals surface area (Å²) in [5.74, 6) is -1.93. The fourth-order valence-corrected chi connectivity index (χ4v) is 4.54. The number of carbonyl (C=O) groups excluding carboxylic acids is 3. The third-order valence-electron chi connectivity index (χ3n) is 6.01. The molecule has 218 valence electrons. The highest BCUT2D eigenvalue weighted by atomic mass is 32.2. The smallest absolute Gasteiger partial charge is 0.325 e. The lowest BCUT2D eigenvalue weighted by Gasteiger charge is -2.29. The van der Waals surface area contributed by atoms with Crippen LogP contribution < -0.4 is 21.5 Å². The van der Waals surface area contributed by atoms with E-state index in [2.05, 4.69) is 15.0 Å². The average Bonchev–Trinajstić information content (AvgIpc) is 2.94. The van der Waals surface area contributed by atoms with Gasteiger partial charge in [0, 0.05) is 13.6 Å². The number of ether oxygens (including phenoxy) is 1. The molecule has 0 unspecified atom stereocenters. The van der Waals surface area contributed by atoms with Gasteiger partial charge in [0.2, 0.25) is 17.8 Å². The van der Waals surface area contributed by atoms with Crippen molar-refractivity contribution in [2.75, 3.05) is 20.1 Å². The molecule has 2 aromatic carbocycles. The van der Waals surface area contributed by atoms with Crippen LogP contribution in [0.3, 0.4) is 0 Å². The second-order valence-electron chi connectivity index (χ2n) is 9.17. The van der Waals surface area contributed by atoms with E-state index in [-0.39, 0.29) is 43.4 Å². The van der Waals surface area contributed by atoms with Gasteiger partial charge in [-0.15, -0.1) is 0 Å². The first-order valence-corrected chi connectivity index (χ1v) is 14.3. The number of nitrogens with zero attached hydrogens (tertiary/aromatic N) is 2. The minimum Gasteiger partial charge on any atom is -0.460 e. The number of amides is 2. The van der Waals surface area contributed by atoms with Crippen molar-refractivity contribution >= 4 is 33.8 Å². The van der Waals surface area contributed by atoms with Gasteiger partial charge in [0.25, 0.3) is 10.0 Å². The van der Waals surface area contributed by atoms with Crippen molar-refractivity contribution in [3.05, 3.63) is 65.7 Å². The van der Waals surface area contributed by atoms with Crippen molar-refractivity contribution in [3.8, 4) is 0 Å². The molecule has 0 spiro atoms. The van der Waals surface area contributed by atoms with Crippen molar-refractivity contribution in [2.45, 2.75) is 56.7 Å². The molecule has 12 nitrogen and oxygen atoms in total. The number of hydrogen-bond donors (Lipinski definition) is 4. The Kier molecular flexibility index (Phi) is 12.6. The normalized spacial score (nSPS) is 13.2. The lowest BCUT2D eigenvalue weighted by Crippen LogP contribution is -2.53. The molecule has 0 aliphatic heterocycles. The number of nitrogens with two attached hydrogens (primary N) is 2. The van der Waals surface area contributed by atoms with Gasteiger partial charge in [0.05, 0.1) is 10.9 Å². The van der Waals surface area contributed by atoms with Crippen LogP contribution in [0.4, 0.5) is 0 Å². The third kappa shape index (κ3) is 10.3. The summed E-state index contributed by atoms with van der Waals surface area (Å²) in [5, 5.41) is 2.51. The maximum atomic E-state index is 13.0. The van der Waals surface area contributed by atoms with Crippen LogP contribution in [0.2, 0.25) is 0 Å². The first kappa shape index (κ1) is 32.2. The summed E-state index contributed by atoms with van der Waals surface area (Å²) in [5.41, 5.74) is 13.4. The molecule has 2 amide bonds. The van der Waals surface area contributed by atoms with Crippen LogP contribution in [-0.4, -0.2) is 69.3 Å². The minimum absolute atomic E-state index is 0.0441. The molecule has 0 saturated carbocycles. The Morgan fingerprint density at radius 3 is 2.35 bits per heavy atom. The van der Waals surface area contributed by atoms with Crippen LogP contribution in [-0.2, 0) is 35.8 Å². The van der Waals surface area contributed by atoms with Crippen LogP contribution in [0.15, 0.2) is 64.5 Å². The quantitative estimate of drug-likeness (QED) is 0.110. The summed E-state index contributed by atoms with van der Waals surface area (Å²) in [6.45, 7) is 3.36. The van der Waals surface area contributed by atoms with E-state index in [9.17, 15) is 22.8 Å². The molecule has 6 N–H and O–H groups in total. The number of carbonyl (C=O) groups is 3. The van der Waals surface area contributed by atoms with Gasteiger partial charge in [0.15, 0.2) is 0 Å². The average molecular weight is 575 g/mol. The maximum absolute atomic E-state index is 13.0. The summed E-state index contributed by atoms with van der Waals surface area (Å²) in [6.07, 6.45) is 0.818. The molecule has 0 heterocycles. The van der Waals surface area contributed by atoms with E-state index < -0.39 is 39.9 Å². The number of aryl methyl sites for hydroxylation is 1. The van der Waals surface area contributed by atoms with E-state index in [1.807, 2.05) is 37.3 Å². The van der Waals surface area contributed by atoms with Crippen LogP contribution in [0, 0.1) is 6.92 Å². The zero-order valence-corrected chi connectivity index (χ0v) is 23.8. The number of aliphatic imine (C=N–C) groups is 1. The number of nitrogens with one attached hydrogen (secondary N) is 2. The van der Waals surface area contributed by atoms with Crippen molar-refractivity contribution in [1.82, 2.24) is 14.9 Å². The Bertz CT molecular complexity index is 1270. The van der Waals surface area contributed by atoms with E-state index in [1.165, 1.54) is 24.1 Å². The number of sulfonamides is 1. The van der Waals surface area contributed by atoms with E-state index >= 15 is 0 Å². The Balaban J connectivity index is 1.96. The molecule has 0 aromatic heterocycles. The van der Waals surface area contributed by atoms with Gasteiger partial charge in [-0.1, -0.05) is 55.0 Å². The van der Waals surface area contributed by atoms with Gasteiger partial charge in [-0.2, -0.15) is 0 Å². The molecular formula is C27H38N6O6S. The molecule has 40 heavy (non-hydrogen) atoms. The first-order chi connectivity index (χ1) is 18.9. The molecule has 13 heteroatoms. The molecule has 0 bridgehead atoms. The number of hydrogen-bond acceptors (Lipinski definition) is 8. The second kappa shape index (κ2) is 15.6. The monoisotopic (exact) mass is 574 g/mol. The van der Waals surface area contributed by atoms with Gasteiger partial charge in [0.1, 0.15) is 19.2 Å².